The zero-order valence-electron chi connectivity index (χ0n) is 11.2. The van der Waals surface area contributed by atoms with Crippen molar-refractivity contribution < 1.29 is 9.47 Å². The Morgan fingerprint density at radius 3 is 3.00 bits per heavy atom. The fourth-order valence-electron chi connectivity index (χ4n) is 2.60. The molecule has 1 N–H and O–H groups in total. The average Bonchev–Trinajstić information content (AvgIpc) is 2.42. The van der Waals surface area contributed by atoms with Crippen LogP contribution in [-0.2, 0) is 6.54 Å². The molecule has 19 heavy (non-hydrogen) atoms. The van der Waals surface area contributed by atoms with Gasteiger partial charge < -0.3 is 14.8 Å². The maximum Gasteiger partial charge on any atom is 0.165 e. The Bertz CT molecular complexity index is 428. The van der Waals surface area contributed by atoms with Crippen molar-refractivity contribution in [2.75, 3.05) is 32.8 Å². The Morgan fingerprint density at radius 1 is 1.32 bits per heavy atom. The number of benzene rings is 1. The summed E-state index contributed by atoms with van der Waals surface area (Å²) in [5.41, 5.74) is 1.24. The van der Waals surface area contributed by atoms with Crippen LogP contribution in [0.25, 0.3) is 0 Å². The van der Waals surface area contributed by atoms with E-state index in [1.165, 1.54) is 5.56 Å². The molecule has 3 rings (SSSR count). The predicted octanol–water partition coefficient (Wildman–Crippen LogP) is 1.67. The molecule has 2 aliphatic rings. The largest absolute Gasteiger partial charge is 0.486 e. The zero-order valence-corrected chi connectivity index (χ0v) is 12.0. The monoisotopic (exact) mass is 284 g/mol. The topological polar surface area (TPSA) is 33.7 Å². The molecular weight excluding hydrogens is 264 g/mol. The first-order valence-corrected chi connectivity index (χ1v) is 6.67. The second kappa shape index (κ2) is 6.46. The minimum atomic E-state index is 0. The molecule has 1 saturated heterocycles. The summed E-state index contributed by atoms with van der Waals surface area (Å²) < 4.78 is 11.4. The maximum absolute atomic E-state index is 5.76. The van der Waals surface area contributed by atoms with Crippen molar-refractivity contribution in [1.82, 2.24) is 10.2 Å². The summed E-state index contributed by atoms with van der Waals surface area (Å²) in [4.78, 5) is 2.49. The molecule has 0 aromatic heterocycles. The number of nitrogens with one attached hydrogen (secondary N) is 1. The lowest BCUT2D eigenvalue weighted by Gasteiger charge is -2.34. The fourth-order valence-corrected chi connectivity index (χ4v) is 2.60. The molecule has 0 aliphatic carbocycles. The minimum absolute atomic E-state index is 0. The number of para-hydroxylation sites is 1. The Hall–Kier alpha value is -0.970. The molecule has 5 heteroatoms. The summed E-state index contributed by atoms with van der Waals surface area (Å²) in [7, 11) is 0. The first kappa shape index (κ1) is 14.4. The van der Waals surface area contributed by atoms with E-state index in [0.717, 1.165) is 37.7 Å². The van der Waals surface area contributed by atoms with E-state index < -0.39 is 0 Å². The van der Waals surface area contributed by atoms with E-state index in [9.17, 15) is 0 Å². The van der Waals surface area contributed by atoms with Gasteiger partial charge in [0.15, 0.2) is 11.5 Å². The number of halogens is 1. The highest BCUT2D eigenvalue weighted by Crippen LogP contribution is 2.34. The molecule has 1 aromatic carbocycles. The maximum atomic E-state index is 5.76. The standard InChI is InChI=1S/C14H20N2O2.ClH/c1-11-9-15-5-6-16(11)10-12-3-2-4-13-14(12)18-8-7-17-13;/h2-4,11,15H,5-10H2,1H3;1H/t11-;/m0./s1. The number of fused-ring (bicyclic) bond motifs is 1. The van der Waals surface area contributed by atoms with Crippen LogP contribution in [0.1, 0.15) is 12.5 Å². The number of piperazine rings is 1. The van der Waals surface area contributed by atoms with Crippen LogP contribution in [0.3, 0.4) is 0 Å². The summed E-state index contributed by atoms with van der Waals surface area (Å²) in [6.45, 7) is 7.73. The smallest absolute Gasteiger partial charge is 0.165 e. The predicted molar refractivity (Wildman–Crippen MR) is 77.4 cm³/mol. The molecule has 0 bridgehead atoms. The molecule has 106 valence electrons. The molecule has 0 saturated carbocycles. The molecule has 0 unspecified atom stereocenters. The number of ether oxygens (including phenoxy) is 2. The van der Waals surface area contributed by atoms with E-state index in [1.54, 1.807) is 0 Å². The van der Waals surface area contributed by atoms with Crippen LogP contribution in [0.5, 0.6) is 11.5 Å². The van der Waals surface area contributed by atoms with Crippen LogP contribution in [-0.4, -0.2) is 43.8 Å². The van der Waals surface area contributed by atoms with Crippen molar-refractivity contribution in [3.63, 3.8) is 0 Å². The Balaban J connectivity index is 0.00000133. The molecular formula is C14H21ClN2O2. The molecule has 0 spiro atoms. The van der Waals surface area contributed by atoms with E-state index in [2.05, 4.69) is 29.3 Å². The summed E-state index contributed by atoms with van der Waals surface area (Å²) in [5, 5.41) is 3.41. The lowest BCUT2D eigenvalue weighted by molar-refractivity contribution is 0.150. The molecule has 2 heterocycles. The van der Waals surface area contributed by atoms with Crippen molar-refractivity contribution in [3.05, 3.63) is 23.8 Å². The Labute approximate surface area is 120 Å². The quantitative estimate of drug-likeness (QED) is 0.896. The lowest BCUT2D eigenvalue weighted by Crippen LogP contribution is -2.49. The van der Waals surface area contributed by atoms with E-state index >= 15 is 0 Å². The van der Waals surface area contributed by atoms with E-state index in [4.69, 9.17) is 9.47 Å². The number of hydrogen-bond acceptors (Lipinski definition) is 4. The molecule has 1 atom stereocenters. The van der Waals surface area contributed by atoms with E-state index in [-0.39, 0.29) is 12.4 Å². The number of hydrogen-bond donors (Lipinski definition) is 1. The lowest BCUT2D eigenvalue weighted by atomic mass is 10.1. The van der Waals surface area contributed by atoms with E-state index in [0.29, 0.717) is 19.3 Å². The van der Waals surface area contributed by atoms with Crippen molar-refractivity contribution in [2.24, 2.45) is 0 Å². The van der Waals surface area contributed by atoms with Crippen molar-refractivity contribution >= 4 is 12.4 Å². The van der Waals surface area contributed by atoms with Crippen LogP contribution in [0.15, 0.2) is 18.2 Å². The van der Waals surface area contributed by atoms with Crippen LogP contribution < -0.4 is 14.8 Å². The Kier molecular flexibility index (Phi) is 4.91. The van der Waals surface area contributed by atoms with Crippen LogP contribution >= 0.6 is 12.4 Å². The highest BCUT2D eigenvalue weighted by molar-refractivity contribution is 5.85. The zero-order chi connectivity index (χ0) is 12.4. The highest BCUT2D eigenvalue weighted by Gasteiger charge is 2.21. The summed E-state index contributed by atoms with van der Waals surface area (Å²) >= 11 is 0. The normalized spacial score (nSPS) is 22.7. The molecule has 0 amide bonds. The van der Waals surface area contributed by atoms with Crippen LogP contribution in [0.2, 0.25) is 0 Å². The van der Waals surface area contributed by atoms with Gasteiger partial charge in [-0.05, 0) is 13.0 Å². The van der Waals surface area contributed by atoms with Gasteiger partial charge in [0.05, 0.1) is 0 Å². The molecule has 1 aromatic rings. The first-order valence-electron chi connectivity index (χ1n) is 6.67. The van der Waals surface area contributed by atoms with E-state index in [1.807, 2.05) is 6.07 Å². The van der Waals surface area contributed by atoms with Crippen molar-refractivity contribution in [2.45, 2.75) is 19.5 Å². The van der Waals surface area contributed by atoms with Gasteiger partial charge in [0.1, 0.15) is 13.2 Å². The summed E-state index contributed by atoms with van der Waals surface area (Å²) in [6, 6.07) is 6.75. The molecule has 2 aliphatic heterocycles. The fraction of sp³-hybridized carbons (Fsp3) is 0.571. The second-order valence-corrected chi connectivity index (χ2v) is 4.96. The second-order valence-electron chi connectivity index (χ2n) is 4.96. The Morgan fingerprint density at radius 2 is 2.16 bits per heavy atom. The van der Waals surface area contributed by atoms with Gasteiger partial charge in [-0.3, -0.25) is 4.90 Å². The van der Waals surface area contributed by atoms with Gasteiger partial charge in [0, 0.05) is 37.8 Å². The molecule has 4 nitrogen and oxygen atoms in total. The van der Waals surface area contributed by atoms with Gasteiger partial charge in [0.25, 0.3) is 0 Å². The van der Waals surface area contributed by atoms with Crippen molar-refractivity contribution in [3.8, 4) is 11.5 Å². The van der Waals surface area contributed by atoms with Gasteiger partial charge in [-0.15, -0.1) is 12.4 Å². The van der Waals surface area contributed by atoms with Crippen LogP contribution in [0.4, 0.5) is 0 Å². The van der Waals surface area contributed by atoms with Gasteiger partial charge in [-0.2, -0.15) is 0 Å². The summed E-state index contributed by atoms with van der Waals surface area (Å²) in [5.74, 6) is 1.83. The van der Waals surface area contributed by atoms with Gasteiger partial charge in [-0.1, -0.05) is 12.1 Å². The minimum Gasteiger partial charge on any atom is -0.486 e. The van der Waals surface area contributed by atoms with Gasteiger partial charge >= 0.3 is 0 Å². The SMILES string of the molecule is C[C@H]1CNCCN1Cc1cccc2c1OCCO2.Cl. The third-order valence-corrected chi connectivity index (χ3v) is 3.66. The van der Waals surface area contributed by atoms with Gasteiger partial charge in [-0.25, -0.2) is 0 Å². The van der Waals surface area contributed by atoms with Gasteiger partial charge in [0.2, 0.25) is 0 Å². The molecule has 1 fully saturated rings. The third kappa shape index (κ3) is 3.14. The summed E-state index contributed by atoms with van der Waals surface area (Å²) in [6.07, 6.45) is 0. The van der Waals surface area contributed by atoms with Crippen molar-refractivity contribution in [1.29, 1.82) is 0 Å². The number of rotatable bonds is 2. The number of nitrogens with zero attached hydrogens (tertiary/aromatic N) is 1. The molecule has 0 radical (unpaired) electrons. The third-order valence-electron chi connectivity index (χ3n) is 3.66. The highest BCUT2D eigenvalue weighted by atomic mass is 35.5. The van der Waals surface area contributed by atoms with Crippen LogP contribution in [0, 0.1) is 0 Å². The average molecular weight is 285 g/mol. The first-order chi connectivity index (χ1) is 8.84.